The summed E-state index contributed by atoms with van der Waals surface area (Å²) in [5.41, 5.74) is 0. The molecule has 160 valence electrons. The van der Waals surface area contributed by atoms with Crippen LogP contribution in [0.3, 0.4) is 0 Å². The van der Waals surface area contributed by atoms with Gasteiger partial charge in [-0.15, -0.1) is 24.0 Å². The second-order valence-electron chi connectivity index (χ2n) is 6.47. The van der Waals surface area contributed by atoms with Crippen molar-refractivity contribution in [3.8, 4) is 0 Å². The molecule has 10 heteroatoms. The molecule has 0 unspecified atom stereocenters. The fourth-order valence-corrected chi connectivity index (χ4v) is 3.80. The SMILES string of the molecule is CCNC(=NCCCN(C)S(=O)(=O)CC)N1CCN(c2ccccn2)CC1.I. The normalized spacial score (nSPS) is 15.5. The molecule has 0 bridgehead atoms. The van der Waals surface area contributed by atoms with E-state index in [2.05, 4.69) is 27.0 Å². The van der Waals surface area contributed by atoms with Crippen LogP contribution in [0.5, 0.6) is 0 Å². The molecule has 0 amide bonds. The number of hydrogen-bond donors (Lipinski definition) is 1. The molecule has 28 heavy (non-hydrogen) atoms. The van der Waals surface area contributed by atoms with E-state index in [0.717, 1.165) is 44.5 Å². The maximum absolute atomic E-state index is 11.8. The van der Waals surface area contributed by atoms with Gasteiger partial charge in [-0.1, -0.05) is 6.07 Å². The highest BCUT2D eigenvalue weighted by atomic mass is 127. The molecule has 2 heterocycles. The summed E-state index contributed by atoms with van der Waals surface area (Å²) in [6.45, 7) is 9.19. The van der Waals surface area contributed by atoms with Crippen molar-refractivity contribution in [3.63, 3.8) is 0 Å². The third-order valence-corrected chi connectivity index (χ3v) is 6.48. The Morgan fingerprint density at radius 1 is 1.25 bits per heavy atom. The molecule has 1 fully saturated rings. The minimum Gasteiger partial charge on any atom is -0.357 e. The molecule has 0 radical (unpaired) electrons. The highest BCUT2D eigenvalue weighted by Gasteiger charge is 2.20. The standard InChI is InChI=1S/C18H32N6O2S.HI/c1-4-19-18(21-11-8-12-22(3)27(25,26)5-2)24-15-13-23(14-16-24)17-9-6-7-10-20-17;/h6-7,9-10H,4-5,8,11-16H2,1-3H3,(H,19,21);1H. The lowest BCUT2D eigenvalue weighted by Crippen LogP contribution is -2.52. The topological polar surface area (TPSA) is 81.1 Å². The number of guanidine groups is 1. The number of halogens is 1. The Balaban J connectivity index is 0.00000392. The Kier molecular flexibility index (Phi) is 11.1. The Labute approximate surface area is 186 Å². The molecular formula is C18H33IN6O2S. The molecule has 0 saturated carbocycles. The summed E-state index contributed by atoms with van der Waals surface area (Å²) in [6, 6.07) is 5.98. The maximum atomic E-state index is 11.8. The predicted octanol–water partition coefficient (Wildman–Crippen LogP) is 1.46. The van der Waals surface area contributed by atoms with E-state index in [-0.39, 0.29) is 29.7 Å². The molecule has 0 aromatic carbocycles. The third-order valence-electron chi connectivity index (χ3n) is 4.62. The minimum absolute atomic E-state index is 0. The van der Waals surface area contributed by atoms with Crippen LogP contribution in [0.15, 0.2) is 29.4 Å². The fraction of sp³-hybridized carbons (Fsp3) is 0.667. The molecule has 1 aromatic rings. The zero-order chi connectivity index (χ0) is 19.7. The van der Waals surface area contributed by atoms with Crippen LogP contribution in [0.25, 0.3) is 0 Å². The molecule has 1 N–H and O–H groups in total. The first kappa shape index (κ1) is 24.9. The summed E-state index contributed by atoms with van der Waals surface area (Å²) in [4.78, 5) is 13.7. The molecule has 1 saturated heterocycles. The quantitative estimate of drug-likeness (QED) is 0.240. The average Bonchev–Trinajstić information content (AvgIpc) is 2.71. The highest BCUT2D eigenvalue weighted by molar-refractivity contribution is 14.0. The van der Waals surface area contributed by atoms with Crippen molar-refractivity contribution in [1.82, 2.24) is 19.5 Å². The zero-order valence-electron chi connectivity index (χ0n) is 17.0. The Morgan fingerprint density at radius 2 is 1.96 bits per heavy atom. The van der Waals surface area contributed by atoms with Gasteiger partial charge in [0.1, 0.15) is 5.82 Å². The number of aromatic nitrogens is 1. The number of piperazine rings is 1. The average molecular weight is 524 g/mol. The lowest BCUT2D eigenvalue weighted by atomic mass is 10.3. The second-order valence-corrected chi connectivity index (χ2v) is 8.84. The van der Waals surface area contributed by atoms with Crippen molar-refractivity contribution >= 4 is 45.8 Å². The highest BCUT2D eigenvalue weighted by Crippen LogP contribution is 2.12. The lowest BCUT2D eigenvalue weighted by molar-refractivity contribution is 0.371. The van der Waals surface area contributed by atoms with Crippen molar-refractivity contribution in [2.45, 2.75) is 20.3 Å². The Bertz CT molecular complexity index is 693. The van der Waals surface area contributed by atoms with E-state index in [4.69, 9.17) is 4.99 Å². The first-order valence-corrected chi connectivity index (χ1v) is 11.2. The van der Waals surface area contributed by atoms with Gasteiger partial charge >= 0.3 is 0 Å². The number of pyridine rings is 1. The van der Waals surface area contributed by atoms with Crippen molar-refractivity contribution in [2.24, 2.45) is 4.99 Å². The van der Waals surface area contributed by atoms with E-state index in [9.17, 15) is 8.42 Å². The van der Waals surface area contributed by atoms with Crippen LogP contribution in [0, 0.1) is 0 Å². The van der Waals surface area contributed by atoms with Crippen LogP contribution in [-0.2, 0) is 10.0 Å². The number of anilines is 1. The summed E-state index contributed by atoms with van der Waals surface area (Å²) >= 11 is 0. The Hall–Kier alpha value is -1.14. The van der Waals surface area contributed by atoms with Gasteiger partial charge in [0.15, 0.2) is 5.96 Å². The number of nitrogens with one attached hydrogen (secondary N) is 1. The van der Waals surface area contributed by atoms with E-state index < -0.39 is 10.0 Å². The van der Waals surface area contributed by atoms with Crippen molar-refractivity contribution in [1.29, 1.82) is 0 Å². The summed E-state index contributed by atoms with van der Waals surface area (Å²) in [5, 5.41) is 3.35. The monoisotopic (exact) mass is 524 g/mol. The maximum Gasteiger partial charge on any atom is 0.213 e. The van der Waals surface area contributed by atoms with E-state index in [1.54, 1.807) is 14.0 Å². The van der Waals surface area contributed by atoms with Crippen LogP contribution in [-0.4, -0.2) is 87.2 Å². The number of rotatable bonds is 8. The molecule has 0 atom stereocenters. The zero-order valence-corrected chi connectivity index (χ0v) is 20.2. The van der Waals surface area contributed by atoms with Gasteiger partial charge < -0.3 is 15.1 Å². The van der Waals surface area contributed by atoms with Gasteiger partial charge in [-0.2, -0.15) is 0 Å². The van der Waals surface area contributed by atoms with Crippen molar-refractivity contribution in [3.05, 3.63) is 24.4 Å². The van der Waals surface area contributed by atoms with Crippen molar-refractivity contribution < 1.29 is 8.42 Å². The van der Waals surface area contributed by atoms with Gasteiger partial charge in [-0.25, -0.2) is 17.7 Å². The molecular weight excluding hydrogens is 491 g/mol. The molecule has 1 aromatic heterocycles. The van der Waals surface area contributed by atoms with Crippen LogP contribution < -0.4 is 10.2 Å². The summed E-state index contributed by atoms with van der Waals surface area (Å²) < 4.78 is 25.0. The first-order chi connectivity index (χ1) is 13.0. The van der Waals surface area contributed by atoms with E-state index in [0.29, 0.717) is 19.5 Å². The molecule has 0 aliphatic carbocycles. The fourth-order valence-electron chi connectivity index (χ4n) is 2.95. The van der Waals surface area contributed by atoms with Crippen LogP contribution in [0.1, 0.15) is 20.3 Å². The van der Waals surface area contributed by atoms with Gasteiger partial charge in [0.2, 0.25) is 10.0 Å². The molecule has 1 aliphatic rings. The van der Waals surface area contributed by atoms with Crippen LogP contribution in [0.2, 0.25) is 0 Å². The lowest BCUT2D eigenvalue weighted by Gasteiger charge is -2.37. The number of aliphatic imine (C=N–C) groups is 1. The van der Waals surface area contributed by atoms with E-state index in [1.165, 1.54) is 4.31 Å². The summed E-state index contributed by atoms with van der Waals surface area (Å²) in [6.07, 6.45) is 2.53. The van der Waals surface area contributed by atoms with Gasteiger partial charge in [0.25, 0.3) is 0 Å². The van der Waals surface area contributed by atoms with Gasteiger partial charge in [-0.05, 0) is 32.4 Å². The van der Waals surface area contributed by atoms with Crippen LogP contribution >= 0.6 is 24.0 Å². The molecule has 8 nitrogen and oxygen atoms in total. The Morgan fingerprint density at radius 3 is 2.54 bits per heavy atom. The third kappa shape index (κ3) is 7.36. The van der Waals surface area contributed by atoms with Gasteiger partial charge in [0.05, 0.1) is 5.75 Å². The smallest absolute Gasteiger partial charge is 0.213 e. The predicted molar refractivity (Wildman–Crippen MR) is 126 cm³/mol. The first-order valence-electron chi connectivity index (χ1n) is 9.61. The molecule has 2 rings (SSSR count). The second kappa shape index (κ2) is 12.4. The largest absolute Gasteiger partial charge is 0.357 e. The van der Waals surface area contributed by atoms with E-state index >= 15 is 0 Å². The van der Waals surface area contributed by atoms with Crippen molar-refractivity contribution in [2.75, 3.05) is 63.5 Å². The molecule has 0 spiro atoms. The number of sulfonamides is 1. The summed E-state index contributed by atoms with van der Waals surface area (Å²) in [7, 11) is -1.49. The van der Waals surface area contributed by atoms with Gasteiger partial charge in [-0.3, -0.25) is 4.99 Å². The van der Waals surface area contributed by atoms with E-state index in [1.807, 2.05) is 24.4 Å². The van der Waals surface area contributed by atoms with Gasteiger partial charge in [0, 0.05) is 59.1 Å². The minimum atomic E-state index is -3.11. The number of hydrogen-bond acceptors (Lipinski definition) is 5. The van der Waals surface area contributed by atoms with Crippen LogP contribution in [0.4, 0.5) is 5.82 Å². The number of nitrogens with zero attached hydrogens (tertiary/aromatic N) is 5. The summed E-state index contributed by atoms with van der Waals surface area (Å²) in [5.74, 6) is 2.05. The molecule has 1 aliphatic heterocycles.